The first kappa shape index (κ1) is 14.0. The second kappa shape index (κ2) is 6.01. The zero-order valence-corrected chi connectivity index (χ0v) is 11.4. The summed E-state index contributed by atoms with van der Waals surface area (Å²) < 4.78 is 23.2. The molecule has 0 aromatic carbocycles. The van der Waals surface area contributed by atoms with Crippen LogP contribution in [0.5, 0.6) is 0 Å². The number of rotatable bonds is 7. The Morgan fingerprint density at radius 3 is 2.50 bits per heavy atom. The Morgan fingerprint density at radius 2 is 2.00 bits per heavy atom. The molecule has 0 aromatic rings. The largest absolute Gasteiger partial charge is 0.319 e. The molecule has 1 atom stereocenters. The van der Waals surface area contributed by atoms with E-state index >= 15 is 0 Å². The number of hydrogen-bond donors (Lipinski definition) is 1. The Hall–Kier alpha value is -0.0900. The Kier molecular flexibility index (Phi) is 5.25. The molecule has 0 aliphatic carbocycles. The maximum absolute atomic E-state index is 11.6. The van der Waals surface area contributed by atoms with Gasteiger partial charge in [0.15, 0.2) is 9.84 Å². The van der Waals surface area contributed by atoms with Crippen molar-refractivity contribution in [2.45, 2.75) is 45.4 Å². The lowest BCUT2D eigenvalue weighted by Gasteiger charge is -2.27. The molecule has 0 aromatic heterocycles. The normalized spacial score (nSPS) is 28.4. The summed E-state index contributed by atoms with van der Waals surface area (Å²) in [6, 6.07) is 0. The quantitative estimate of drug-likeness (QED) is 0.700. The fraction of sp³-hybridized carbons (Fsp3) is 1.00. The number of nitrogens with one attached hydrogen (secondary N) is 1. The summed E-state index contributed by atoms with van der Waals surface area (Å²) >= 11 is 0. The highest BCUT2D eigenvalue weighted by molar-refractivity contribution is 7.91. The molecule has 1 heterocycles. The van der Waals surface area contributed by atoms with Crippen LogP contribution in [0.1, 0.15) is 45.4 Å². The van der Waals surface area contributed by atoms with Gasteiger partial charge >= 0.3 is 0 Å². The highest BCUT2D eigenvalue weighted by Crippen LogP contribution is 2.36. The first-order chi connectivity index (χ1) is 7.54. The molecule has 0 spiro atoms. The molecule has 16 heavy (non-hydrogen) atoms. The zero-order chi connectivity index (χ0) is 12.1. The average molecular weight is 247 g/mol. The fourth-order valence-electron chi connectivity index (χ4n) is 2.71. The van der Waals surface area contributed by atoms with Crippen molar-refractivity contribution in [2.75, 3.05) is 25.1 Å². The molecule has 3 nitrogen and oxygen atoms in total. The second-order valence-corrected chi connectivity index (χ2v) is 7.37. The van der Waals surface area contributed by atoms with Crippen LogP contribution in [0.15, 0.2) is 0 Å². The lowest BCUT2D eigenvalue weighted by atomic mass is 9.82. The van der Waals surface area contributed by atoms with Gasteiger partial charge in [-0.2, -0.15) is 0 Å². The van der Waals surface area contributed by atoms with Gasteiger partial charge in [-0.15, -0.1) is 0 Å². The van der Waals surface area contributed by atoms with E-state index < -0.39 is 9.84 Å². The average Bonchev–Trinajstić information content (AvgIpc) is 2.51. The fourth-order valence-corrected chi connectivity index (χ4v) is 4.92. The van der Waals surface area contributed by atoms with E-state index in [0.717, 1.165) is 19.4 Å². The van der Waals surface area contributed by atoms with Gasteiger partial charge in [-0.1, -0.05) is 32.6 Å². The molecule has 0 saturated carbocycles. The molecule has 96 valence electrons. The van der Waals surface area contributed by atoms with Crippen molar-refractivity contribution < 1.29 is 8.42 Å². The van der Waals surface area contributed by atoms with E-state index in [2.05, 4.69) is 12.2 Å². The van der Waals surface area contributed by atoms with Crippen molar-refractivity contribution in [1.29, 1.82) is 0 Å². The molecule has 1 rings (SSSR count). The molecule has 1 saturated heterocycles. The minimum Gasteiger partial charge on any atom is -0.319 e. The Labute approximate surface area is 99.9 Å². The van der Waals surface area contributed by atoms with Crippen LogP contribution in [-0.2, 0) is 9.84 Å². The van der Waals surface area contributed by atoms with Gasteiger partial charge in [-0.25, -0.2) is 8.42 Å². The second-order valence-electron chi connectivity index (χ2n) is 5.18. The van der Waals surface area contributed by atoms with Crippen LogP contribution in [0.2, 0.25) is 0 Å². The Bertz CT molecular complexity index is 300. The molecule has 1 unspecified atom stereocenters. The van der Waals surface area contributed by atoms with Gasteiger partial charge in [0.25, 0.3) is 0 Å². The summed E-state index contributed by atoms with van der Waals surface area (Å²) in [6.07, 6.45) is 6.82. The Balaban J connectivity index is 2.47. The predicted octanol–water partition coefficient (Wildman–Crippen LogP) is 1.98. The number of hydrogen-bond acceptors (Lipinski definition) is 3. The standard InChI is InChI=1S/C12H25NO2S/c1-3-4-5-6-7-12(10-13-2)8-9-16(14,15)11-12/h13H,3-11H2,1-2H3. The van der Waals surface area contributed by atoms with E-state index in [1.54, 1.807) is 0 Å². The molecule has 0 amide bonds. The minimum atomic E-state index is -2.76. The van der Waals surface area contributed by atoms with Crippen LogP contribution in [0.25, 0.3) is 0 Å². The van der Waals surface area contributed by atoms with E-state index in [1.165, 1.54) is 25.7 Å². The monoisotopic (exact) mass is 247 g/mol. The molecule has 1 aliphatic rings. The van der Waals surface area contributed by atoms with Gasteiger partial charge in [-0.05, 0) is 25.3 Å². The van der Waals surface area contributed by atoms with Crippen LogP contribution < -0.4 is 5.32 Å². The third-order valence-corrected chi connectivity index (χ3v) is 5.46. The van der Waals surface area contributed by atoms with Crippen molar-refractivity contribution >= 4 is 9.84 Å². The van der Waals surface area contributed by atoms with Gasteiger partial charge in [0.05, 0.1) is 11.5 Å². The predicted molar refractivity (Wildman–Crippen MR) is 68.4 cm³/mol. The van der Waals surface area contributed by atoms with E-state index in [-0.39, 0.29) is 5.41 Å². The highest BCUT2D eigenvalue weighted by Gasteiger charge is 2.40. The third-order valence-electron chi connectivity index (χ3n) is 3.58. The van der Waals surface area contributed by atoms with Crippen molar-refractivity contribution in [1.82, 2.24) is 5.32 Å². The molecule has 4 heteroatoms. The number of unbranched alkanes of at least 4 members (excludes halogenated alkanes) is 3. The first-order valence-corrected chi connectivity index (χ1v) is 8.21. The van der Waals surface area contributed by atoms with Gasteiger partial charge in [0.1, 0.15) is 0 Å². The van der Waals surface area contributed by atoms with Crippen LogP contribution in [0.3, 0.4) is 0 Å². The van der Waals surface area contributed by atoms with Gasteiger partial charge in [-0.3, -0.25) is 0 Å². The van der Waals surface area contributed by atoms with E-state index in [9.17, 15) is 8.42 Å². The van der Waals surface area contributed by atoms with Crippen LogP contribution in [0.4, 0.5) is 0 Å². The maximum Gasteiger partial charge on any atom is 0.150 e. The highest BCUT2D eigenvalue weighted by atomic mass is 32.2. The maximum atomic E-state index is 11.6. The zero-order valence-electron chi connectivity index (χ0n) is 10.6. The van der Waals surface area contributed by atoms with Crippen LogP contribution >= 0.6 is 0 Å². The van der Waals surface area contributed by atoms with Crippen molar-refractivity contribution in [3.63, 3.8) is 0 Å². The molecule has 0 bridgehead atoms. The van der Waals surface area contributed by atoms with Crippen molar-refractivity contribution in [3.8, 4) is 0 Å². The molecule has 0 radical (unpaired) electrons. The summed E-state index contributed by atoms with van der Waals surface area (Å²) in [5, 5.41) is 3.16. The van der Waals surface area contributed by atoms with Gasteiger partial charge in [0.2, 0.25) is 0 Å². The minimum absolute atomic E-state index is 0.0291. The topological polar surface area (TPSA) is 46.2 Å². The van der Waals surface area contributed by atoms with E-state index in [1.807, 2.05) is 7.05 Å². The SMILES string of the molecule is CCCCCCC1(CNC)CCS(=O)(=O)C1. The smallest absolute Gasteiger partial charge is 0.150 e. The van der Waals surface area contributed by atoms with Crippen molar-refractivity contribution in [2.24, 2.45) is 5.41 Å². The molecule has 1 aliphatic heterocycles. The summed E-state index contributed by atoms with van der Waals surface area (Å²) in [5.41, 5.74) is 0.0291. The van der Waals surface area contributed by atoms with Crippen molar-refractivity contribution in [3.05, 3.63) is 0 Å². The summed E-state index contributed by atoms with van der Waals surface area (Å²) in [7, 11) is -0.843. The molecule has 1 N–H and O–H groups in total. The van der Waals surface area contributed by atoms with Gasteiger partial charge in [0, 0.05) is 6.54 Å². The van der Waals surface area contributed by atoms with Gasteiger partial charge < -0.3 is 5.32 Å². The summed E-state index contributed by atoms with van der Waals surface area (Å²) in [6.45, 7) is 3.04. The van der Waals surface area contributed by atoms with E-state index in [0.29, 0.717) is 11.5 Å². The summed E-state index contributed by atoms with van der Waals surface area (Å²) in [5.74, 6) is 0.787. The summed E-state index contributed by atoms with van der Waals surface area (Å²) in [4.78, 5) is 0. The molecular weight excluding hydrogens is 222 g/mol. The third kappa shape index (κ3) is 4.06. The number of sulfone groups is 1. The Morgan fingerprint density at radius 1 is 1.25 bits per heavy atom. The molecule has 1 fully saturated rings. The first-order valence-electron chi connectivity index (χ1n) is 6.39. The van der Waals surface area contributed by atoms with Crippen LogP contribution in [0, 0.1) is 5.41 Å². The lowest BCUT2D eigenvalue weighted by molar-refractivity contribution is 0.285. The van der Waals surface area contributed by atoms with E-state index in [4.69, 9.17) is 0 Å². The lowest BCUT2D eigenvalue weighted by Crippen LogP contribution is -2.33. The van der Waals surface area contributed by atoms with Crippen LogP contribution in [-0.4, -0.2) is 33.5 Å². The molecular formula is C12H25NO2S.